The van der Waals surface area contributed by atoms with Gasteiger partial charge in [0, 0.05) is 5.33 Å². The zero-order valence-corrected chi connectivity index (χ0v) is 13.1. The van der Waals surface area contributed by atoms with Crippen molar-refractivity contribution in [3.05, 3.63) is 24.3 Å². The first-order valence-electron chi connectivity index (χ1n) is 7.29. The Morgan fingerprint density at radius 2 is 1.24 bits per heavy atom. The normalized spacial score (nSPS) is 11.9. The molecule has 0 fully saturated rings. The topological polar surface area (TPSA) is 0 Å². The van der Waals surface area contributed by atoms with E-state index in [-0.39, 0.29) is 0 Å². The van der Waals surface area contributed by atoms with E-state index in [0.29, 0.717) is 0 Å². The van der Waals surface area contributed by atoms with E-state index in [9.17, 15) is 0 Å². The van der Waals surface area contributed by atoms with Crippen LogP contribution in [-0.2, 0) is 0 Å². The molecule has 100 valence electrons. The molecule has 0 aromatic rings. The van der Waals surface area contributed by atoms with Gasteiger partial charge in [0.05, 0.1) is 0 Å². The fourth-order valence-electron chi connectivity index (χ4n) is 1.81. The molecule has 0 saturated carbocycles. The van der Waals surface area contributed by atoms with Gasteiger partial charge < -0.3 is 0 Å². The number of rotatable bonds is 12. The Morgan fingerprint density at radius 1 is 0.706 bits per heavy atom. The van der Waals surface area contributed by atoms with E-state index in [1.54, 1.807) is 0 Å². The van der Waals surface area contributed by atoms with Crippen molar-refractivity contribution in [1.29, 1.82) is 0 Å². The highest BCUT2D eigenvalue weighted by atomic mass is 79.9. The number of alkyl halides is 1. The van der Waals surface area contributed by atoms with Crippen molar-refractivity contribution >= 4 is 15.9 Å². The minimum atomic E-state index is 1.06. The second kappa shape index (κ2) is 16.0. The molecule has 0 heterocycles. The lowest BCUT2D eigenvalue weighted by atomic mass is 10.1. The standard InChI is InChI=1S/C16H29Br/c1-2-3-4-5-6-7-8-9-10-11-12-13-14-15-16-17/h11-14H,2-10,15-16H2,1H3. The largest absolute Gasteiger partial charge is 0.0925 e. The number of halogens is 1. The molecule has 0 aliphatic heterocycles. The van der Waals surface area contributed by atoms with Crippen LogP contribution in [0.3, 0.4) is 0 Å². The van der Waals surface area contributed by atoms with Crippen molar-refractivity contribution in [2.24, 2.45) is 0 Å². The summed E-state index contributed by atoms with van der Waals surface area (Å²) < 4.78 is 0. The Morgan fingerprint density at radius 3 is 1.82 bits per heavy atom. The first-order chi connectivity index (χ1) is 8.41. The van der Waals surface area contributed by atoms with E-state index in [4.69, 9.17) is 0 Å². The first kappa shape index (κ1) is 17.0. The lowest BCUT2D eigenvalue weighted by Gasteiger charge is -1.99. The number of hydrogen-bond donors (Lipinski definition) is 0. The van der Waals surface area contributed by atoms with Gasteiger partial charge in [0.2, 0.25) is 0 Å². The highest BCUT2D eigenvalue weighted by Crippen LogP contribution is 2.09. The molecule has 0 nitrogen and oxygen atoms in total. The van der Waals surface area contributed by atoms with E-state index in [1.807, 2.05) is 0 Å². The van der Waals surface area contributed by atoms with Crippen molar-refractivity contribution < 1.29 is 0 Å². The number of allylic oxidation sites excluding steroid dienone is 4. The Labute approximate surface area is 117 Å². The molecule has 0 spiro atoms. The van der Waals surface area contributed by atoms with Crippen LogP contribution in [0, 0.1) is 0 Å². The Bertz CT molecular complexity index is 182. The predicted octanol–water partition coefficient (Wildman–Crippen LogP) is 6.41. The second-order valence-corrected chi connectivity index (χ2v) is 5.39. The lowest BCUT2D eigenvalue weighted by Crippen LogP contribution is -1.79. The minimum absolute atomic E-state index is 1.06. The molecule has 0 bridgehead atoms. The summed E-state index contributed by atoms with van der Waals surface area (Å²) in [6.07, 6.45) is 22.5. The summed E-state index contributed by atoms with van der Waals surface area (Å²) in [5.41, 5.74) is 0. The summed E-state index contributed by atoms with van der Waals surface area (Å²) in [7, 11) is 0. The predicted molar refractivity (Wildman–Crippen MR) is 83.9 cm³/mol. The molecular weight excluding hydrogens is 272 g/mol. The molecule has 17 heavy (non-hydrogen) atoms. The monoisotopic (exact) mass is 300 g/mol. The summed E-state index contributed by atoms with van der Waals surface area (Å²) in [5, 5.41) is 1.06. The third-order valence-electron chi connectivity index (χ3n) is 2.88. The van der Waals surface area contributed by atoms with Crippen molar-refractivity contribution in [3.63, 3.8) is 0 Å². The number of hydrogen-bond acceptors (Lipinski definition) is 0. The zero-order valence-electron chi connectivity index (χ0n) is 11.5. The fourth-order valence-corrected chi connectivity index (χ4v) is 2.07. The van der Waals surface area contributed by atoms with E-state index in [0.717, 1.165) is 11.8 Å². The van der Waals surface area contributed by atoms with Crippen molar-refractivity contribution in [3.8, 4) is 0 Å². The molecule has 0 unspecified atom stereocenters. The molecule has 1 heteroatoms. The maximum Gasteiger partial charge on any atom is 0.00660 e. The highest BCUT2D eigenvalue weighted by Gasteiger charge is 1.89. The molecule has 0 radical (unpaired) electrons. The van der Waals surface area contributed by atoms with E-state index in [2.05, 4.69) is 47.2 Å². The quantitative estimate of drug-likeness (QED) is 0.222. The van der Waals surface area contributed by atoms with Crippen LogP contribution in [0.5, 0.6) is 0 Å². The van der Waals surface area contributed by atoms with Crippen LogP contribution in [-0.4, -0.2) is 5.33 Å². The maximum atomic E-state index is 3.41. The van der Waals surface area contributed by atoms with Crippen LogP contribution in [0.1, 0.15) is 71.1 Å². The molecule has 0 rings (SSSR count). The Balaban J connectivity index is 3.07. The van der Waals surface area contributed by atoms with E-state index < -0.39 is 0 Å². The van der Waals surface area contributed by atoms with Gasteiger partial charge in [-0.3, -0.25) is 0 Å². The average Bonchev–Trinajstić information content (AvgIpc) is 2.35. The van der Waals surface area contributed by atoms with Crippen LogP contribution in [0.15, 0.2) is 24.3 Å². The van der Waals surface area contributed by atoms with Crippen molar-refractivity contribution in [1.82, 2.24) is 0 Å². The van der Waals surface area contributed by atoms with Crippen LogP contribution >= 0.6 is 15.9 Å². The molecule has 0 saturated heterocycles. The fraction of sp³-hybridized carbons (Fsp3) is 0.750. The SMILES string of the molecule is CCCCCCCCCCC=CC=CCCBr. The van der Waals surface area contributed by atoms with Crippen LogP contribution in [0.4, 0.5) is 0 Å². The summed E-state index contributed by atoms with van der Waals surface area (Å²) in [5.74, 6) is 0. The minimum Gasteiger partial charge on any atom is -0.0925 e. The van der Waals surface area contributed by atoms with Crippen LogP contribution in [0.2, 0.25) is 0 Å². The maximum absolute atomic E-state index is 3.41. The van der Waals surface area contributed by atoms with Gasteiger partial charge in [0.25, 0.3) is 0 Å². The van der Waals surface area contributed by atoms with Crippen molar-refractivity contribution in [2.45, 2.75) is 71.1 Å². The summed E-state index contributed by atoms with van der Waals surface area (Å²) in [6, 6.07) is 0. The van der Waals surface area contributed by atoms with E-state index in [1.165, 1.54) is 57.8 Å². The van der Waals surface area contributed by atoms with Gasteiger partial charge in [0.15, 0.2) is 0 Å². The van der Waals surface area contributed by atoms with Gasteiger partial charge in [-0.2, -0.15) is 0 Å². The van der Waals surface area contributed by atoms with E-state index >= 15 is 0 Å². The Hall–Kier alpha value is -0.0400. The van der Waals surface area contributed by atoms with Gasteiger partial charge >= 0.3 is 0 Å². The average molecular weight is 301 g/mol. The van der Waals surface area contributed by atoms with Crippen molar-refractivity contribution in [2.75, 3.05) is 5.33 Å². The van der Waals surface area contributed by atoms with Gasteiger partial charge in [0.1, 0.15) is 0 Å². The van der Waals surface area contributed by atoms with Crippen LogP contribution < -0.4 is 0 Å². The Kier molecular flexibility index (Phi) is 15.9. The zero-order chi connectivity index (χ0) is 12.6. The first-order valence-corrected chi connectivity index (χ1v) is 8.41. The number of unbranched alkanes of at least 4 members (excludes halogenated alkanes) is 8. The highest BCUT2D eigenvalue weighted by molar-refractivity contribution is 9.09. The lowest BCUT2D eigenvalue weighted by molar-refractivity contribution is 0.577. The molecule has 0 amide bonds. The summed E-state index contributed by atoms with van der Waals surface area (Å²) in [6.45, 7) is 2.28. The van der Waals surface area contributed by atoms with Gasteiger partial charge in [-0.15, -0.1) is 0 Å². The third-order valence-corrected chi connectivity index (χ3v) is 3.34. The molecule has 0 atom stereocenters. The molecule has 0 aromatic carbocycles. The third kappa shape index (κ3) is 16.0. The molecular formula is C16H29Br. The molecule has 0 aromatic heterocycles. The summed E-state index contributed by atoms with van der Waals surface area (Å²) >= 11 is 3.41. The van der Waals surface area contributed by atoms with Gasteiger partial charge in [-0.1, -0.05) is 92.1 Å². The van der Waals surface area contributed by atoms with Gasteiger partial charge in [-0.05, 0) is 19.3 Å². The summed E-state index contributed by atoms with van der Waals surface area (Å²) in [4.78, 5) is 0. The molecule has 0 aliphatic rings. The molecule has 0 N–H and O–H groups in total. The second-order valence-electron chi connectivity index (χ2n) is 4.60. The smallest absolute Gasteiger partial charge is 0.00660 e. The molecule has 0 aliphatic carbocycles. The van der Waals surface area contributed by atoms with Gasteiger partial charge in [-0.25, -0.2) is 0 Å². The van der Waals surface area contributed by atoms with Crippen LogP contribution in [0.25, 0.3) is 0 Å².